The van der Waals surface area contributed by atoms with Gasteiger partial charge in [0.2, 0.25) is 5.91 Å². The largest absolute Gasteiger partial charge is 0.370 e. The van der Waals surface area contributed by atoms with E-state index in [2.05, 4.69) is 24.3 Å². The van der Waals surface area contributed by atoms with Gasteiger partial charge in [0.05, 0.1) is 23.1 Å². The van der Waals surface area contributed by atoms with Crippen LogP contribution in [0.5, 0.6) is 0 Å². The molecule has 178 valence electrons. The fraction of sp³-hybridized carbons (Fsp3) is 0.577. The molecule has 7 heteroatoms. The molecule has 4 rings (SSSR count). The van der Waals surface area contributed by atoms with Crippen molar-refractivity contribution in [2.24, 2.45) is 5.92 Å². The number of carbonyl (C=O) groups is 2. The second-order valence-corrected chi connectivity index (χ2v) is 10.0. The van der Waals surface area contributed by atoms with Crippen LogP contribution < -0.4 is 5.32 Å². The van der Waals surface area contributed by atoms with Gasteiger partial charge in [0.25, 0.3) is 5.91 Å². The van der Waals surface area contributed by atoms with Gasteiger partial charge < -0.3 is 15.0 Å². The number of piperidine rings is 1. The zero-order chi connectivity index (χ0) is 23.6. The molecule has 0 aliphatic carbocycles. The number of hydrogen-bond donors (Lipinski definition) is 1. The molecule has 2 saturated heterocycles. The highest BCUT2D eigenvalue weighted by Gasteiger charge is 2.43. The molecular formula is C26H36N4O3. The molecule has 1 aromatic heterocycles. The average Bonchev–Trinajstić information content (AvgIpc) is 3.34. The van der Waals surface area contributed by atoms with Gasteiger partial charge in [-0.3, -0.25) is 9.59 Å². The van der Waals surface area contributed by atoms with Gasteiger partial charge in [-0.2, -0.15) is 5.10 Å². The molecular weight excluding hydrogens is 416 g/mol. The number of benzene rings is 1. The maximum Gasteiger partial charge on any atom is 0.251 e. The monoisotopic (exact) mass is 452 g/mol. The lowest BCUT2D eigenvalue weighted by Gasteiger charge is -2.39. The topological polar surface area (TPSA) is 76.5 Å². The van der Waals surface area contributed by atoms with E-state index in [0.29, 0.717) is 24.4 Å². The van der Waals surface area contributed by atoms with Gasteiger partial charge in [0.15, 0.2) is 0 Å². The molecule has 1 N–H and O–H groups in total. The number of ether oxygens (including phenoxy) is 1. The predicted molar refractivity (Wildman–Crippen MR) is 127 cm³/mol. The molecule has 7 nitrogen and oxygen atoms in total. The molecule has 0 radical (unpaired) electrons. The summed E-state index contributed by atoms with van der Waals surface area (Å²) in [6.07, 6.45) is 4.35. The highest BCUT2D eigenvalue weighted by molar-refractivity contribution is 5.94. The third-order valence-electron chi connectivity index (χ3n) is 6.82. The lowest BCUT2D eigenvalue weighted by molar-refractivity contribution is -0.138. The molecule has 1 aromatic carbocycles. The van der Waals surface area contributed by atoms with E-state index in [1.807, 2.05) is 53.8 Å². The Labute approximate surface area is 196 Å². The van der Waals surface area contributed by atoms with E-state index >= 15 is 0 Å². The number of nitrogens with zero attached hydrogens (tertiary/aromatic N) is 3. The molecule has 2 aliphatic rings. The summed E-state index contributed by atoms with van der Waals surface area (Å²) in [7, 11) is 0. The van der Waals surface area contributed by atoms with E-state index in [1.54, 1.807) is 0 Å². The zero-order valence-electron chi connectivity index (χ0n) is 20.3. The summed E-state index contributed by atoms with van der Waals surface area (Å²) in [5.74, 6) is 0.554. The molecule has 2 aromatic rings. The molecule has 0 bridgehead atoms. The number of nitrogens with one attached hydrogen (secondary N) is 1. The molecule has 1 spiro atoms. The minimum absolute atomic E-state index is 0.0286. The van der Waals surface area contributed by atoms with Gasteiger partial charge in [-0.15, -0.1) is 0 Å². The second-order valence-electron chi connectivity index (χ2n) is 10.0. The zero-order valence-corrected chi connectivity index (χ0v) is 20.3. The third kappa shape index (κ3) is 5.46. The third-order valence-corrected chi connectivity index (χ3v) is 6.82. The molecule has 2 fully saturated rings. The lowest BCUT2D eigenvalue weighted by atomic mass is 9.88. The van der Waals surface area contributed by atoms with Crippen molar-refractivity contribution >= 4 is 11.8 Å². The van der Waals surface area contributed by atoms with Crippen molar-refractivity contribution in [1.29, 1.82) is 0 Å². The van der Waals surface area contributed by atoms with Crippen molar-refractivity contribution in [3.63, 3.8) is 0 Å². The lowest BCUT2D eigenvalue weighted by Crippen LogP contribution is -2.47. The van der Waals surface area contributed by atoms with Crippen molar-refractivity contribution in [2.75, 3.05) is 19.6 Å². The first-order valence-electron chi connectivity index (χ1n) is 12.1. The van der Waals surface area contributed by atoms with Gasteiger partial charge in [0.1, 0.15) is 0 Å². The van der Waals surface area contributed by atoms with Crippen LogP contribution in [0.4, 0.5) is 0 Å². The minimum Gasteiger partial charge on any atom is -0.370 e. The summed E-state index contributed by atoms with van der Waals surface area (Å²) in [5, 5.41) is 7.52. The fourth-order valence-electron chi connectivity index (χ4n) is 5.00. The number of amides is 2. The van der Waals surface area contributed by atoms with Crippen LogP contribution in [0.3, 0.4) is 0 Å². The Hall–Kier alpha value is -2.67. The first-order chi connectivity index (χ1) is 15.7. The van der Waals surface area contributed by atoms with Crippen LogP contribution in [0.2, 0.25) is 0 Å². The molecule has 3 heterocycles. The van der Waals surface area contributed by atoms with E-state index in [4.69, 9.17) is 4.74 Å². The van der Waals surface area contributed by atoms with E-state index in [9.17, 15) is 9.59 Å². The maximum atomic E-state index is 12.7. The van der Waals surface area contributed by atoms with Crippen LogP contribution in [0.15, 0.2) is 30.3 Å². The number of aryl methyl sites for hydroxylation is 2. The minimum atomic E-state index is -0.134. The van der Waals surface area contributed by atoms with Gasteiger partial charge in [-0.1, -0.05) is 13.8 Å². The van der Waals surface area contributed by atoms with Crippen LogP contribution in [0, 0.1) is 19.8 Å². The molecule has 1 atom stereocenters. The number of hydrogen-bond acceptors (Lipinski definition) is 4. The SMILES string of the molecule is Cc1cc(C)n(-c2ccc(C(=O)NC[C@H]3CCC4(CCN(C(=O)CC(C)C)CC4)O3)cc2)n1. The number of likely N-dealkylation sites (tertiary alicyclic amines) is 1. The molecule has 2 aliphatic heterocycles. The summed E-state index contributed by atoms with van der Waals surface area (Å²) in [4.78, 5) is 27.0. The van der Waals surface area contributed by atoms with Gasteiger partial charge in [-0.05, 0) is 75.8 Å². The van der Waals surface area contributed by atoms with Crippen molar-refractivity contribution in [3.8, 4) is 5.69 Å². The van der Waals surface area contributed by atoms with Crippen LogP contribution in [-0.2, 0) is 9.53 Å². The highest BCUT2D eigenvalue weighted by atomic mass is 16.5. The Bertz CT molecular complexity index is 987. The molecule has 33 heavy (non-hydrogen) atoms. The normalized spacial score (nSPS) is 19.9. The van der Waals surface area contributed by atoms with Gasteiger partial charge in [-0.25, -0.2) is 4.68 Å². The van der Waals surface area contributed by atoms with E-state index in [1.165, 1.54) is 0 Å². The summed E-state index contributed by atoms with van der Waals surface area (Å²) >= 11 is 0. The average molecular weight is 453 g/mol. The van der Waals surface area contributed by atoms with E-state index < -0.39 is 0 Å². The summed E-state index contributed by atoms with van der Waals surface area (Å²) in [6, 6.07) is 9.54. The molecule has 0 unspecified atom stereocenters. The Kier molecular flexibility index (Phi) is 6.88. The van der Waals surface area contributed by atoms with Crippen molar-refractivity contribution in [1.82, 2.24) is 20.0 Å². The van der Waals surface area contributed by atoms with E-state index in [-0.39, 0.29) is 23.5 Å². The van der Waals surface area contributed by atoms with Crippen LogP contribution in [0.25, 0.3) is 5.69 Å². The van der Waals surface area contributed by atoms with Gasteiger partial charge in [0, 0.05) is 37.3 Å². The Morgan fingerprint density at radius 2 is 1.85 bits per heavy atom. The summed E-state index contributed by atoms with van der Waals surface area (Å²) in [6.45, 7) is 10.2. The predicted octanol–water partition coefficient (Wildman–Crippen LogP) is 3.81. The van der Waals surface area contributed by atoms with Crippen molar-refractivity contribution < 1.29 is 14.3 Å². The summed E-state index contributed by atoms with van der Waals surface area (Å²) < 4.78 is 8.29. The van der Waals surface area contributed by atoms with E-state index in [0.717, 1.165) is 55.8 Å². The molecule has 0 saturated carbocycles. The Morgan fingerprint density at radius 3 is 2.45 bits per heavy atom. The number of carbonyl (C=O) groups excluding carboxylic acids is 2. The fourth-order valence-corrected chi connectivity index (χ4v) is 5.00. The highest BCUT2D eigenvalue weighted by Crippen LogP contribution is 2.39. The van der Waals surface area contributed by atoms with Gasteiger partial charge >= 0.3 is 0 Å². The first kappa shape index (κ1) is 23.5. The molecule has 2 amide bonds. The smallest absolute Gasteiger partial charge is 0.251 e. The maximum absolute atomic E-state index is 12.7. The quantitative estimate of drug-likeness (QED) is 0.723. The van der Waals surface area contributed by atoms with Crippen molar-refractivity contribution in [3.05, 3.63) is 47.3 Å². The second kappa shape index (κ2) is 9.67. The van der Waals surface area contributed by atoms with Crippen LogP contribution >= 0.6 is 0 Å². The standard InChI is InChI=1S/C26H36N4O3/c1-18(2)15-24(31)29-13-11-26(12-14-29)10-9-23(33-26)17-27-25(32)21-5-7-22(8-6-21)30-20(4)16-19(3)28-30/h5-8,16,18,23H,9-15,17H2,1-4H3,(H,27,32)/t23-/m1/s1. The van der Waals surface area contributed by atoms with Crippen LogP contribution in [-0.4, -0.2) is 57.8 Å². The summed E-state index contributed by atoms with van der Waals surface area (Å²) in [5.41, 5.74) is 3.47. The van der Waals surface area contributed by atoms with Crippen LogP contribution in [0.1, 0.15) is 67.7 Å². The number of rotatable bonds is 6. The van der Waals surface area contributed by atoms with Crippen molar-refractivity contribution in [2.45, 2.75) is 71.5 Å². The number of aromatic nitrogens is 2. The Balaban J connectivity index is 1.25. The Morgan fingerprint density at radius 1 is 1.15 bits per heavy atom. The first-order valence-corrected chi connectivity index (χ1v) is 12.1.